The van der Waals surface area contributed by atoms with Gasteiger partial charge in [0.25, 0.3) is 5.91 Å². The molecule has 2 rings (SSSR count). The van der Waals surface area contributed by atoms with Crippen LogP contribution in [0.25, 0.3) is 0 Å². The van der Waals surface area contributed by atoms with Crippen molar-refractivity contribution in [1.29, 1.82) is 0 Å². The number of hydrogen-bond donors (Lipinski definition) is 0. The standard InChI is InChI=1S/C18H24BrN3O/c1-12(2)10-22(11-17-13(3)20-21(5)14(17)4)18(23)15-6-8-16(19)9-7-15/h6-9,12H,10-11H2,1-5H3. The average Bonchev–Trinajstić information content (AvgIpc) is 2.72. The van der Waals surface area contributed by atoms with E-state index < -0.39 is 0 Å². The van der Waals surface area contributed by atoms with Gasteiger partial charge in [-0.1, -0.05) is 29.8 Å². The van der Waals surface area contributed by atoms with Crippen LogP contribution in [0, 0.1) is 19.8 Å². The second-order valence-electron chi connectivity index (χ2n) is 6.36. The predicted molar refractivity (Wildman–Crippen MR) is 96.4 cm³/mol. The Morgan fingerprint density at radius 3 is 2.35 bits per heavy atom. The average molecular weight is 378 g/mol. The molecule has 0 N–H and O–H groups in total. The Bertz CT molecular complexity index is 689. The van der Waals surface area contributed by atoms with Gasteiger partial charge < -0.3 is 4.90 Å². The number of rotatable bonds is 5. The van der Waals surface area contributed by atoms with Crippen molar-refractivity contribution in [2.75, 3.05) is 6.54 Å². The van der Waals surface area contributed by atoms with Crippen LogP contribution in [0.3, 0.4) is 0 Å². The fraction of sp³-hybridized carbons (Fsp3) is 0.444. The summed E-state index contributed by atoms with van der Waals surface area (Å²) in [5.41, 5.74) is 3.95. The number of aromatic nitrogens is 2. The van der Waals surface area contributed by atoms with Gasteiger partial charge in [0.1, 0.15) is 0 Å². The molecule has 5 heteroatoms. The highest BCUT2D eigenvalue weighted by molar-refractivity contribution is 9.10. The molecule has 2 aromatic rings. The third-order valence-electron chi connectivity index (χ3n) is 3.97. The number of aryl methyl sites for hydroxylation is 2. The van der Waals surface area contributed by atoms with Gasteiger partial charge in [-0.2, -0.15) is 5.10 Å². The third kappa shape index (κ3) is 4.22. The Morgan fingerprint density at radius 2 is 1.87 bits per heavy atom. The molecule has 1 amide bonds. The minimum atomic E-state index is 0.0638. The summed E-state index contributed by atoms with van der Waals surface area (Å²) in [5.74, 6) is 0.473. The van der Waals surface area contributed by atoms with Crippen LogP contribution in [0.4, 0.5) is 0 Å². The van der Waals surface area contributed by atoms with Crippen molar-refractivity contribution in [1.82, 2.24) is 14.7 Å². The highest BCUT2D eigenvalue weighted by Crippen LogP contribution is 2.19. The summed E-state index contributed by atoms with van der Waals surface area (Å²) >= 11 is 3.41. The summed E-state index contributed by atoms with van der Waals surface area (Å²) < 4.78 is 2.85. The largest absolute Gasteiger partial charge is 0.334 e. The first kappa shape index (κ1) is 17.7. The van der Waals surface area contributed by atoms with E-state index in [4.69, 9.17) is 0 Å². The van der Waals surface area contributed by atoms with Gasteiger partial charge in [0, 0.05) is 41.4 Å². The summed E-state index contributed by atoms with van der Waals surface area (Å²) in [4.78, 5) is 14.8. The van der Waals surface area contributed by atoms with E-state index in [9.17, 15) is 4.79 Å². The zero-order valence-corrected chi connectivity index (χ0v) is 16.0. The van der Waals surface area contributed by atoms with Crippen LogP contribution in [-0.2, 0) is 13.6 Å². The second-order valence-corrected chi connectivity index (χ2v) is 7.28. The summed E-state index contributed by atoms with van der Waals surface area (Å²) in [6, 6.07) is 7.54. The molecule has 0 saturated heterocycles. The lowest BCUT2D eigenvalue weighted by atomic mass is 10.1. The minimum Gasteiger partial charge on any atom is -0.334 e. The van der Waals surface area contributed by atoms with Crippen LogP contribution in [0.1, 0.15) is 41.2 Å². The van der Waals surface area contributed by atoms with Crippen molar-refractivity contribution in [3.63, 3.8) is 0 Å². The van der Waals surface area contributed by atoms with Gasteiger partial charge >= 0.3 is 0 Å². The zero-order valence-electron chi connectivity index (χ0n) is 14.4. The van der Waals surface area contributed by atoms with E-state index in [1.807, 2.05) is 54.7 Å². The molecule has 1 aromatic carbocycles. The van der Waals surface area contributed by atoms with Gasteiger partial charge in [-0.05, 0) is 44.0 Å². The molecule has 0 saturated carbocycles. The van der Waals surface area contributed by atoms with Gasteiger partial charge in [0.15, 0.2) is 0 Å². The maximum absolute atomic E-state index is 12.9. The molecular formula is C18H24BrN3O. The van der Waals surface area contributed by atoms with Crippen LogP contribution in [0.5, 0.6) is 0 Å². The van der Waals surface area contributed by atoms with Crippen molar-refractivity contribution in [2.24, 2.45) is 13.0 Å². The lowest BCUT2D eigenvalue weighted by molar-refractivity contribution is 0.0722. The van der Waals surface area contributed by atoms with E-state index in [1.165, 1.54) is 0 Å². The van der Waals surface area contributed by atoms with Crippen molar-refractivity contribution >= 4 is 21.8 Å². The molecule has 0 bridgehead atoms. The molecule has 0 aliphatic rings. The molecule has 124 valence electrons. The Hall–Kier alpha value is -1.62. The van der Waals surface area contributed by atoms with Crippen molar-refractivity contribution in [3.05, 3.63) is 51.3 Å². The molecule has 0 unspecified atom stereocenters. The molecule has 4 nitrogen and oxygen atoms in total. The van der Waals surface area contributed by atoms with Crippen LogP contribution < -0.4 is 0 Å². The number of halogens is 1. The molecule has 0 radical (unpaired) electrons. The number of carbonyl (C=O) groups is 1. The molecule has 0 atom stereocenters. The van der Waals surface area contributed by atoms with E-state index in [0.29, 0.717) is 18.0 Å². The highest BCUT2D eigenvalue weighted by Gasteiger charge is 2.20. The normalized spacial score (nSPS) is 11.1. The number of amides is 1. The fourth-order valence-electron chi connectivity index (χ4n) is 2.67. The first-order valence-electron chi connectivity index (χ1n) is 7.83. The Balaban J connectivity index is 2.29. The Labute approximate surface area is 146 Å². The first-order valence-corrected chi connectivity index (χ1v) is 8.62. The van der Waals surface area contributed by atoms with E-state index in [2.05, 4.69) is 34.9 Å². The summed E-state index contributed by atoms with van der Waals surface area (Å²) in [7, 11) is 1.94. The summed E-state index contributed by atoms with van der Waals surface area (Å²) in [5, 5.41) is 4.46. The van der Waals surface area contributed by atoms with E-state index in [1.54, 1.807) is 0 Å². The highest BCUT2D eigenvalue weighted by atomic mass is 79.9. The summed E-state index contributed by atoms with van der Waals surface area (Å²) in [6.45, 7) is 9.63. The Morgan fingerprint density at radius 1 is 1.26 bits per heavy atom. The van der Waals surface area contributed by atoms with Gasteiger partial charge in [-0.25, -0.2) is 0 Å². The molecular weight excluding hydrogens is 354 g/mol. The van der Waals surface area contributed by atoms with Crippen LogP contribution in [0.2, 0.25) is 0 Å². The van der Waals surface area contributed by atoms with Gasteiger partial charge in [0.2, 0.25) is 0 Å². The lowest BCUT2D eigenvalue weighted by Gasteiger charge is -2.25. The molecule has 0 aliphatic carbocycles. The Kier molecular flexibility index (Phi) is 5.63. The SMILES string of the molecule is Cc1nn(C)c(C)c1CN(CC(C)C)C(=O)c1ccc(Br)cc1. The van der Waals surface area contributed by atoms with Gasteiger partial charge in [0.05, 0.1) is 5.69 Å². The van der Waals surface area contributed by atoms with E-state index >= 15 is 0 Å². The van der Waals surface area contributed by atoms with Crippen molar-refractivity contribution in [3.8, 4) is 0 Å². The minimum absolute atomic E-state index is 0.0638. The topological polar surface area (TPSA) is 38.1 Å². The monoisotopic (exact) mass is 377 g/mol. The number of hydrogen-bond acceptors (Lipinski definition) is 2. The summed E-state index contributed by atoms with van der Waals surface area (Å²) in [6.07, 6.45) is 0. The molecule has 1 aromatic heterocycles. The quantitative estimate of drug-likeness (QED) is 0.786. The maximum atomic E-state index is 12.9. The van der Waals surface area contributed by atoms with Gasteiger partial charge in [-0.15, -0.1) is 0 Å². The molecule has 23 heavy (non-hydrogen) atoms. The third-order valence-corrected chi connectivity index (χ3v) is 4.50. The van der Waals surface area contributed by atoms with Gasteiger partial charge in [-0.3, -0.25) is 9.48 Å². The predicted octanol–water partition coefficient (Wildman–Crippen LogP) is 4.10. The van der Waals surface area contributed by atoms with E-state index in [-0.39, 0.29) is 5.91 Å². The number of carbonyl (C=O) groups excluding carboxylic acids is 1. The van der Waals surface area contributed by atoms with Crippen molar-refractivity contribution in [2.45, 2.75) is 34.2 Å². The number of benzene rings is 1. The first-order chi connectivity index (χ1) is 10.8. The number of nitrogens with zero attached hydrogens (tertiary/aromatic N) is 3. The molecule has 0 fully saturated rings. The van der Waals surface area contributed by atoms with Crippen LogP contribution in [0.15, 0.2) is 28.7 Å². The van der Waals surface area contributed by atoms with Crippen LogP contribution >= 0.6 is 15.9 Å². The van der Waals surface area contributed by atoms with Crippen LogP contribution in [-0.4, -0.2) is 27.1 Å². The molecule has 0 spiro atoms. The molecule has 0 aliphatic heterocycles. The fourth-order valence-corrected chi connectivity index (χ4v) is 2.94. The van der Waals surface area contributed by atoms with E-state index in [0.717, 1.165) is 28.0 Å². The smallest absolute Gasteiger partial charge is 0.254 e. The lowest BCUT2D eigenvalue weighted by Crippen LogP contribution is -2.34. The van der Waals surface area contributed by atoms with Crippen molar-refractivity contribution < 1.29 is 4.79 Å². The zero-order chi connectivity index (χ0) is 17.1. The second kappa shape index (κ2) is 7.30. The maximum Gasteiger partial charge on any atom is 0.254 e. The molecule has 1 heterocycles.